The molecule has 0 bridgehead atoms. The lowest BCUT2D eigenvalue weighted by Gasteiger charge is -2.31. The largest absolute Gasteiger partial charge is 0.495 e. The number of carbonyl (C=O) groups is 1. The molecule has 2 heterocycles. The number of benzene rings is 1. The number of ether oxygens (including phenoxy) is 3. The molecule has 1 saturated heterocycles. The molecule has 2 aromatic rings. The van der Waals surface area contributed by atoms with Crippen LogP contribution < -0.4 is 14.4 Å². The fraction of sp³-hybridized carbons (Fsp3) is 0.636. The fourth-order valence-corrected chi connectivity index (χ4v) is 5.43. The molecule has 7 nitrogen and oxygen atoms in total. The van der Waals surface area contributed by atoms with Gasteiger partial charge in [-0.05, 0) is 25.0 Å². The summed E-state index contributed by atoms with van der Waals surface area (Å²) >= 11 is 1.51. The minimum Gasteiger partial charge on any atom is -0.495 e. The van der Waals surface area contributed by atoms with Crippen LogP contribution >= 0.6 is 23.7 Å². The molecular formula is C22H32ClN3O4S. The maximum absolute atomic E-state index is 13.5. The molecule has 1 aromatic carbocycles. The van der Waals surface area contributed by atoms with Crippen LogP contribution in [0, 0.1) is 5.92 Å². The summed E-state index contributed by atoms with van der Waals surface area (Å²) in [5.74, 6) is 1.76. The van der Waals surface area contributed by atoms with Crippen LogP contribution in [0.1, 0.15) is 32.1 Å². The highest BCUT2D eigenvalue weighted by Gasteiger charge is 2.30. The number of morpholine rings is 1. The highest BCUT2D eigenvalue weighted by Crippen LogP contribution is 2.40. The molecule has 1 aliphatic carbocycles. The molecule has 0 spiro atoms. The lowest BCUT2D eigenvalue weighted by Crippen LogP contribution is -2.45. The van der Waals surface area contributed by atoms with Gasteiger partial charge in [-0.2, -0.15) is 0 Å². The van der Waals surface area contributed by atoms with Crippen molar-refractivity contribution >= 4 is 45.0 Å². The molecule has 1 amide bonds. The monoisotopic (exact) mass is 469 g/mol. The molecule has 31 heavy (non-hydrogen) atoms. The lowest BCUT2D eigenvalue weighted by atomic mass is 9.88. The Balaban J connectivity index is 0.00000272. The summed E-state index contributed by atoms with van der Waals surface area (Å²) in [7, 11) is 3.30. The highest BCUT2D eigenvalue weighted by molar-refractivity contribution is 7.22. The number of nitrogens with zero attached hydrogens (tertiary/aromatic N) is 3. The van der Waals surface area contributed by atoms with Gasteiger partial charge in [0.2, 0.25) is 5.91 Å². The van der Waals surface area contributed by atoms with E-state index in [-0.39, 0.29) is 24.2 Å². The van der Waals surface area contributed by atoms with Crippen molar-refractivity contribution in [1.82, 2.24) is 9.88 Å². The zero-order chi connectivity index (χ0) is 20.9. The third kappa shape index (κ3) is 5.42. The number of amides is 1. The third-order valence-electron chi connectivity index (χ3n) is 6.09. The van der Waals surface area contributed by atoms with E-state index in [4.69, 9.17) is 19.2 Å². The van der Waals surface area contributed by atoms with Crippen LogP contribution in [0.25, 0.3) is 10.2 Å². The maximum Gasteiger partial charge on any atom is 0.231 e. The van der Waals surface area contributed by atoms with E-state index in [1.165, 1.54) is 17.8 Å². The lowest BCUT2D eigenvalue weighted by molar-refractivity contribution is -0.123. The number of aromatic nitrogens is 1. The Morgan fingerprint density at radius 1 is 1.16 bits per heavy atom. The first-order valence-corrected chi connectivity index (χ1v) is 11.7. The molecule has 1 saturated carbocycles. The zero-order valence-electron chi connectivity index (χ0n) is 18.3. The standard InChI is InChI=1S/C22H31N3O4S.ClH/c1-27-17-8-9-18(28-2)20-19(17)23-22(30-20)25(11-10-24-12-14-29-15-13-24)21(26)16-6-4-3-5-7-16;/h8-9,16H,3-7,10-15H2,1-2H3;1H. The van der Waals surface area contributed by atoms with Gasteiger partial charge in [0, 0.05) is 32.1 Å². The third-order valence-corrected chi connectivity index (χ3v) is 7.19. The second kappa shape index (κ2) is 11.3. The van der Waals surface area contributed by atoms with E-state index in [0.717, 1.165) is 79.6 Å². The molecule has 0 N–H and O–H groups in total. The number of thiazole rings is 1. The number of hydrogen-bond donors (Lipinski definition) is 0. The van der Waals surface area contributed by atoms with Crippen molar-refractivity contribution in [3.05, 3.63) is 12.1 Å². The Labute approximate surface area is 194 Å². The average Bonchev–Trinajstić information content (AvgIpc) is 3.25. The van der Waals surface area contributed by atoms with Gasteiger partial charge in [-0.25, -0.2) is 4.98 Å². The van der Waals surface area contributed by atoms with Gasteiger partial charge in [0.1, 0.15) is 21.7 Å². The van der Waals surface area contributed by atoms with Crippen LogP contribution in [0.4, 0.5) is 5.13 Å². The van der Waals surface area contributed by atoms with Crippen molar-refractivity contribution in [3.63, 3.8) is 0 Å². The number of rotatable bonds is 7. The molecule has 2 fully saturated rings. The van der Waals surface area contributed by atoms with Crippen LogP contribution in [-0.4, -0.2) is 69.4 Å². The predicted octanol–water partition coefficient (Wildman–Crippen LogP) is 3.98. The normalized spacial score (nSPS) is 17.9. The molecule has 2 aliphatic rings. The van der Waals surface area contributed by atoms with Gasteiger partial charge >= 0.3 is 0 Å². The van der Waals surface area contributed by atoms with E-state index in [1.54, 1.807) is 14.2 Å². The van der Waals surface area contributed by atoms with Gasteiger partial charge in [-0.3, -0.25) is 14.6 Å². The van der Waals surface area contributed by atoms with E-state index in [1.807, 2.05) is 17.0 Å². The van der Waals surface area contributed by atoms with Gasteiger partial charge in [-0.15, -0.1) is 12.4 Å². The minimum atomic E-state index is 0. The fourth-order valence-electron chi connectivity index (χ4n) is 4.33. The average molecular weight is 470 g/mol. The summed E-state index contributed by atoms with van der Waals surface area (Å²) < 4.78 is 17.4. The van der Waals surface area contributed by atoms with E-state index < -0.39 is 0 Å². The van der Waals surface area contributed by atoms with Gasteiger partial charge in [0.25, 0.3) is 0 Å². The first-order valence-electron chi connectivity index (χ1n) is 10.8. The smallest absolute Gasteiger partial charge is 0.231 e. The molecule has 4 rings (SSSR count). The second-order valence-corrected chi connectivity index (χ2v) is 8.90. The molecule has 0 atom stereocenters. The second-order valence-electron chi connectivity index (χ2n) is 7.92. The van der Waals surface area contributed by atoms with Crippen molar-refractivity contribution in [1.29, 1.82) is 0 Å². The first-order chi connectivity index (χ1) is 14.7. The van der Waals surface area contributed by atoms with E-state index in [9.17, 15) is 4.79 Å². The topological polar surface area (TPSA) is 64.1 Å². The van der Waals surface area contributed by atoms with Gasteiger partial charge < -0.3 is 14.2 Å². The first kappa shape index (κ1) is 24.0. The van der Waals surface area contributed by atoms with E-state index in [0.29, 0.717) is 12.3 Å². The summed E-state index contributed by atoms with van der Waals surface area (Å²) in [5.41, 5.74) is 0.754. The zero-order valence-corrected chi connectivity index (χ0v) is 19.9. The predicted molar refractivity (Wildman–Crippen MR) is 126 cm³/mol. The number of carbonyl (C=O) groups excluding carboxylic acids is 1. The SMILES string of the molecule is COc1ccc(OC)c2sc(N(CCN3CCOCC3)C(=O)C3CCCCC3)nc12.Cl. The Hall–Kier alpha value is -1.61. The number of halogens is 1. The van der Waals surface area contributed by atoms with Crippen LogP contribution in [-0.2, 0) is 9.53 Å². The highest BCUT2D eigenvalue weighted by atomic mass is 35.5. The number of fused-ring (bicyclic) bond motifs is 1. The number of hydrogen-bond acceptors (Lipinski definition) is 7. The van der Waals surface area contributed by atoms with E-state index >= 15 is 0 Å². The van der Waals surface area contributed by atoms with Gasteiger partial charge in [0.05, 0.1) is 27.4 Å². The minimum absolute atomic E-state index is 0. The summed E-state index contributed by atoms with van der Waals surface area (Å²) in [6.07, 6.45) is 5.45. The van der Waals surface area contributed by atoms with Crippen molar-refractivity contribution in [2.45, 2.75) is 32.1 Å². The van der Waals surface area contributed by atoms with Crippen LogP contribution in [0.15, 0.2) is 12.1 Å². The van der Waals surface area contributed by atoms with Crippen LogP contribution in [0.3, 0.4) is 0 Å². The van der Waals surface area contributed by atoms with Crippen molar-refractivity contribution < 1.29 is 19.0 Å². The molecular weight excluding hydrogens is 438 g/mol. The molecule has 1 aliphatic heterocycles. The molecule has 0 unspecified atom stereocenters. The Morgan fingerprint density at radius 3 is 2.52 bits per heavy atom. The van der Waals surface area contributed by atoms with Crippen molar-refractivity contribution in [2.24, 2.45) is 5.92 Å². The Kier molecular flexibility index (Phi) is 8.77. The molecule has 0 radical (unpaired) electrons. The number of anilines is 1. The Bertz CT molecular complexity index is 825. The summed E-state index contributed by atoms with van der Waals surface area (Å²) in [6, 6.07) is 3.76. The van der Waals surface area contributed by atoms with Gasteiger partial charge in [0.15, 0.2) is 5.13 Å². The van der Waals surface area contributed by atoms with Crippen molar-refractivity contribution in [3.8, 4) is 11.5 Å². The Morgan fingerprint density at radius 2 is 1.84 bits per heavy atom. The van der Waals surface area contributed by atoms with E-state index in [2.05, 4.69) is 4.90 Å². The van der Waals surface area contributed by atoms with Crippen molar-refractivity contribution in [2.75, 3.05) is 58.5 Å². The summed E-state index contributed by atoms with van der Waals surface area (Å²) in [6.45, 7) is 4.80. The van der Waals surface area contributed by atoms with Crippen LogP contribution in [0.2, 0.25) is 0 Å². The summed E-state index contributed by atoms with van der Waals surface area (Å²) in [4.78, 5) is 22.7. The number of methoxy groups -OCH3 is 2. The molecule has 1 aromatic heterocycles. The summed E-state index contributed by atoms with van der Waals surface area (Å²) in [5, 5.41) is 0.733. The van der Waals surface area contributed by atoms with Crippen LogP contribution in [0.5, 0.6) is 11.5 Å². The quantitative estimate of drug-likeness (QED) is 0.611. The molecule has 172 valence electrons. The maximum atomic E-state index is 13.5. The molecule has 9 heteroatoms. The van der Waals surface area contributed by atoms with Gasteiger partial charge in [-0.1, -0.05) is 30.6 Å².